The second-order valence-electron chi connectivity index (χ2n) is 14.5. The van der Waals surface area contributed by atoms with E-state index in [2.05, 4.69) is 10.6 Å². The summed E-state index contributed by atoms with van der Waals surface area (Å²) in [6.45, 7) is 0.548. The highest BCUT2D eigenvalue weighted by atomic mass is 16.8. The molecule has 0 saturated carbocycles. The van der Waals surface area contributed by atoms with E-state index in [-0.39, 0.29) is 6.42 Å². The molecule has 324 valence electrons. The van der Waals surface area contributed by atoms with Crippen LogP contribution in [0.1, 0.15) is 33.6 Å². The van der Waals surface area contributed by atoms with Crippen LogP contribution in [0.15, 0.2) is 0 Å². The molecule has 0 bridgehead atoms. The van der Waals surface area contributed by atoms with Crippen molar-refractivity contribution in [2.75, 3.05) is 19.8 Å². The van der Waals surface area contributed by atoms with Crippen LogP contribution < -0.4 is 10.6 Å². The fraction of sp³-hybridized carbons (Fsp3) is 0.906. The van der Waals surface area contributed by atoms with Gasteiger partial charge in [-0.25, -0.2) is 4.79 Å². The van der Waals surface area contributed by atoms with Crippen LogP contribution >= 0.6 is 0 Å². The number of carboxylic acid groups (broad SMARTS) is 1. The quantitative estimate of drug-likeness (QED) is 0.0774. The molecular weight excluding hydrogens is 764 g/mol. The highest BCUT2D eigenvalue weighted by Crippen LogP contribution is 2.40. The van der Waals surface area contributed by atoms with Gasteiger partial charge in [0.2, 0.25) is 11.8 Å². The first-order chi connectivity index (χ1) is 26.2. The van der Waals surface area contributed by atoms with Gasteiger partial charge < -0.3 is 105 Å². The number of amides is 2. The van der Waals surface area contributed by atoms with E-state index in [0.29, 0.717) is 0 Å². The predicted molar refractivity (Wildman–Crippen MR) is 176 cm³/mol. The Balaban J connectivity index is 1.71. The van der Waals surface area contributed by atoms with Crippen LogP contribution in [0.3, 0.4) is 0 Å². The van der Waals surface area contributed by atoms with Gasteiger partial charge >= 0.3 is 5.97 Å². The van der Waals surface area contributed by atoms with Crippen LogP contribution in [0.2, 0.25) is 0 Å². The Bertz CT molecular complexity index is 1330. The van der Waals surface area contributed by atoms with E-state index < -0.39 is 172 Å². The zero-order valence-corrected chi connectivity index (χ0v) is 30.6. The van der Waals surface area contributed by atoms with Crippen molar-refractivity contribution in [2.24, 2.45) is 5.92 Å². The highest BCUT2D eigenvalue weighted by molar-refractivity contribution is 5.76. The van der Waals surface area contributed by atoms with E-state index >= 15 is 0 Å². The van der Waals surface area contributed by atoms with Crippen molar-refractivity contribution < 1.29 is 109 Å². The van der Waals surface area contributed by atoms with E-state index in [1.165, 1.54) is 6.92 Å². The average molecular weight is 819 g/mol. The Hall–Kier alpha value is -2.31. The molecule has 4 saturated heterocycles. The van der Waals surface area contributed by atoms with Crippen LogP contribution in [0.25, 0.3) is 0 Å². The minimum Gasteiger partial charge on any atom is -0.477 e. The van der Waals surface area contributed by atoms with Crippen LogP contribution in [0, 0.1) is 5.92 Å². The zero-order valence-electron chi connectivity index (χ0n) is 30.6. The van der Waals surface area contributed by atoms with Crippen molar-refractivity contribution in [3.05, 3.63) is 0 Å². The number of carboxylic acids is 1. The van der Waals surface area contributed by atoms with Crippen molar-refractivity contribution in [1.29, 1.82) is 0 Å². The van der Waals surface area contributed by atoms with E-state index in [9.17, 15) is 80.8 Å². The standard InChI is InChI=1S/C32H54N2O22/c1-9-20(42)24(46)22(44)15(51-9)4-12-18(33-10(2)38)29(48)52-17(8-37)26(12)54-30-25(47)28(23(45)16(7-36)53-30)56-32(31(49)50)5-13(40)19(34-11(3)39)27(55-32)21(43)14(41)6-35/h9,12-30,35-37,40-48H,4-8H2,1-3H3,(H,33,38)(H,34,39)(H,49,50)/t9?,12?,13?,14-,15?,16?,17?,18?,19?,20?,21+,22?,23?,24?,25?,26?,27?,28?,29?,30?,32?/m0/s1. The van der Waals surface area contributed by atoms with Crippen molar-refractivity contribution >= 4 is 17.8 Å². The lowest BCUT2D eigenvalue weighted by Gasteiger charge is -2.51. The van der Waals surface area contributed by atoms with Crippen molar-refractivity contribution in [3.63, 3.8) is 0 Å². The third-order valence-corrected chi connectivity index (χ3v) is 10.5. The lowest BCUT2D eigenvalue weighted by Crippen LogP contribution is -2.71. The minimum absolute atomic E-state index is 0.386. The number of rotatable bonds is 14. The number of aliphatic carboxylic acids is 1. The molecular formula is C32H54N2O22. The van der Waals surface area contributed by atoms with Gasteiger partial charge in [-0.1, -0.05) is 0 Å². The molecule has 0 spiro atoms. The molecule has 4 aliphatic heterocycles. The molecule has 19 unspecified atom stereocenters. The molecule has 4 fully saturated rings. The Labute approximate surface area is 319 Å². The van der Waals surface area contributed by atoms with Gasteiger partial charge in [0.05, 0.1) is 56.3 Å². The summed E-state index contributed by atoms with van der Waals surface area (Å²) in [4.78, 5) is 37.1. The molecule has 24 nitrogen and oxygen atoms in total. The molecule has 15 N–H and O–H groups in total. The maximum absolute atomic E-state index is 12.9. The zero-order chi connectivity index (χ0) is 42.0. The Kier molecular flexibility index (Phi) is 15.9. The Morgan fingerprint density at radius 3 is 1.93 bits per heavy atom. The van der Waals surface area contributed by atoms with Gasteiger partial charge in [0.15, 0.2) is 12.6 Å². The summed E-state index contributed by atoms with van der Waals surface area (Å²) in [5, 5.41) is 142. The highest BCUT2D eigenvalue weighted by Gasteiger charge is 2.60. The van der Waals surface area contributed by atoms with Crippen LogP contribution in [0.4, 0.5) is 0 Å². The molecule has 2 amide bonds. The van der Waals surface area contributed by atoms with Crippen molar-refractivity contribution in [1.82, 2.24) is 10.6 Å². The Morgan fingerprint density at radius 2 is 1.38 bits per heavy atom. The average Bonchev–Trinajstić information content (AvgIpc) is 3.14. The SMILES string of the molecule is CC(=O)NC1C(O)OC(CO)C(OC2OC(CO)C(O)C(OC3(C(=O)O)CC(O)C(NC(C)=O)C([C@H](O)[C@@H](O)CO)O3)C2O)C1CC1OC(C)C(O)C(O)C1O. The summed E-state index contributed by atoms with van der Waals surface area (Å²) in [6, 6.07) is -2.99. The molecule has 24 heteroatoms. The lowest BCUT2D eigenvalue weighted by molar-refractivity contribution is -0.381. The normalized spacial score (nSPS) is 45.7. The molecule has 0 aromatic rings. The van der Waals surface area contributed by atoms with Gasteiger partial charge in [0, 0.05) is 26.2 Å². The topological polar surface area (TPSA) is 394 Å². The molecule has 4 rings (SSSR count). The number of hydrogen-bond acceptors (Lipinski definition) is 21. The van der Waals surface area contributed by atoms with Gasteiger partial charge in [-0.05, 0) is 13.3 Å². The van der Waals surface area contributed by atoms with Gasteiger partial charge in [-0.3, -0.25) is 9.59 Å². The number of nitrogens with one attached hydrogen (secondary N) is 2. The van der Waals surface area contributed by atoms with Crippen molar-refractivity contribution in [3.8, 4) is 0 Å². The van der Waals surface area contributed by atoms with Gasteiger partial charge in [-0.15, -0.1) is 0 Å². The fourth-order valence-corrected chi connectivity index (χ4v) is 7.59. The number of carbonyl (C=O) groups is 3. The molecule has 21 atom stereocenters. The molecule has 0 aromatic carbocycles. The second kappa shape index (κ2) is 19.2. The molecule has 56 heavy (non-hydrogen) atoms. The predicted octanol–water partition coefficient (Wildman–Crippen LogP) is -8.56. The number of carbonyl (C=O) groups excluding carboxylic acids is 2. The molecule has 4 heterocycles. The Morgan fingerprint density at radius 1 is 0.768 bits per heavy atom. The summed E-state index contributed by atoms with van der Waals surface area (Å²) < 4.78 is 34.3. The third-order valence-electron chi connectivity index (χ3n) is 10.5. The summed E-state index contributed by atoms with van der Waals surface area (Å²) in [5.41, 5.74) is 0. The lowest BCUT2D eigenvalue weighted by atomic mass is 9.80. The first kappa shape index (κ1) is 46.4. The second-order valence-corrected chi connectivity index (χ2v) is 14.5. The summed E-state index contributed by atoms with van der Waals surface area (Å²) >= 11 is 0. The largest absolute Gasteiger partial charge is 0.477 e. The summed E-state index contributed by atoms with van der Waals surface area (Å²) in [7, 11) is 0. The molecule has 0 aromatic heterocycles. The summed E-state index contributed by atoms with van der Waals surface area (Å²) in [5.74, 6) is -7.81. The maximum Gasteiger partial charge on any atom is 0.364 e. The number of hydrogen-bond donors (Lipinski definition) is 15. The van der Waals surface area contributed by atoms with E-state index in [1.807, 2.05) is 0 Å². The summed E-state index contributed by atoms with van der Waals surface area (Å²) in [6.07, 6.45) is -31.9. The van der Waals surface area contributed by atoms with Gasteiger partial charge in [-0.2, -0.15) is 0 Å². The minimum atomic E-state index is -3.09. The van der Waals surface area contributed by atoms with Crippen LogP contribution in [-0.2, 0) is 42.8 Å². The number of ether oxygens (including phenoxy) is 6. The van der Waals surface area contributed by atoms with E-state index in [4.69, 9.17) is 28.4 Å². The van der Waals surface area contributed by atoms with Gasteiger partial charge in [0.25, 0.3) is 5.79 Å². The molecule has 0 radical (unpaired) electrons. The smallest absolute Gasteiger partial charge is 0.364 e. The third kappa shape index (κ3) is 9.75. The first-order valence-electron chi connectivity index (χ1n) is 17.9. The fourth-order valence-electron chi connectivity index (χ4n) is 7.59. The first-order valence-corrected chi connectivity index (χ1v) is 17.9. The molecule has 4 aliphatic rings. The van der Waals surface area contributed by atoms with E-state index in [1.54, 1.807) is 0 Å². The molecule has 0 aliphatic carbocycles. The van der Waals surface area contributed by atoms with Crippen LogP contribution in [-0.4, -0.2) is 226 Å². The van der Waals surface area contributed by atoms with Crippen LogP contribution in [0.5, 0.6) is 0 Å². The van der Waals surface area contributed by atoms with E-state index in [0.717, 1.165) is 13.8 Å². The van der Waals surface area contributed by atoms with Crippen molar-refractivity contribution in [2.45, 2.75) is 156 Å². The number of aliphatic hydroxyl groups is 12. The number of aliphatic hydroxyl groups excluding tert-OH is 12. The monoisotopic (exact) mass is 818 g/mol. The maximum atomic E-state index is 12.9. The van der Waals surface area contributed by atoms with Gasteiger partial charge in [0.1, 0.15) is 67.1 Å².